The highest BCUT2D eigenvalue weighted by molar-refractivity contribution is 4.92. The lowest BCUT2D eigenvalue weighted by Crippen LogP contribution is -2.27. The third-order valence-electron chi connectivity index (χ3n) is 3.68. The van der Waals surface area contributed by atoms with Crippen molar-refractivity contribution in [2.75, 3.05) is 26.3 Å². The first-order valence-electron chi connectivity index (χ1n) is 6.70. The summed E-state index contributed by atoms with van der Waals surface area (Å²) in [5.41, 5.74) is 0. The van der Waals surface area contributed by atoms with Gasteiger partial charge in [-0.15, -0.1) is 0 Å². The van der Waals surface area contributed by atoms with Crippen LogP contribution >= 0.6 is 0 Å². The normalized spacial score (nSPS) is 21.2. The minimum Gasteiger partial charge on any atom is -0.382 e. The number of hydrogen-bond acceptors (Lipinski definition) is 2. The second kappa shape index (κ2) is 5.86. The van der Waals surface area contributed by atoms with Gasteiger partial charge in [-0.1, -0.05) is 0 Å². The molecule has 0 aromatic heterocycles. The molecule has 15 heavy (non-hydrogen) atoms. The van der Waals surface area contributed by atoms with Crippen molar-refractivity contribution in [3.8, 4) is 0 Å². The smallest absolute Gasteiger partial charge is 0.0477 e. The largest absolute Gasteiger partial charge is 0.382 e. The quantitative estimate of drug-likeness (QED) is 0.591. The highest BCUT2D eigenvalue weighted by Crippen LogP contribution is 2.48. The number of nitrogens with one attached hydrogen (secondary N) is 1. The fraction of sp³-hybridized carbons (Fsp3) is 1.00. The average Bonchev–Trinajstić information content (AvgIpc) is 3.09. The van der Waals surface area contributed by atoms with Gasteiger partial charge in [-0.25, -0.2) is 0 Å². The van der Waals surface area contributed by atoms with Crippen LogP contribution in [0.4, 0.5) is 0 Å². The lowest BCUT2D eigenvalue weighted by molar-refractivity contribution is 0.144. The predicted molar refractivity (Wildman–Crippen MR) is 62.9 cm³/mol. The maximum absolute atomic E-state index is 5.32. The summed E-state index contributed by atoms with van der Waals surface area (Å²) in [4.78, 5) is 0. The Morgan fingerprint density at radius 2 is 1.87 bits per heavy atom. The van der Waals surface area contributed by atoms with Crippen LogP contribution in [-0.2, 0) is 4.74 Å². The van der Waals surface area contributed by atoms with Gasteiger partial charge in [-0.2, -0.15) is 0 Å². The molecule has 2 saturated carbocycles. The Morgan fingerprint density at radius 1 is 1.20 bits per heavy atom. The topological polar surface area (TPSA) is 21.3 Å². The summed E-state index contributed by atoms with van der Waals surface area (Å²) in [7, 11) is 0. The van der Waals surface area contributed by atoms with E-state index < -0.39 is 0 Å². The first-order valence-corrected chi connectivity index (χ1v) is 6.70. The lowest BCUT2D eigenvalue weighted by Gasteiger charge is -2.16. The van der Waals surface area contributed by atoms with Gasteiger partial charge in [-0.05, 0) is 69.9 Å². The van der Waals surface area contributed by atoms with Crippen molar-refractivity contribution in [3.63, 3.8) is 0 Å². The van der Waals surface area contributed by atoms with Crippen molar-refractivity contribution < 1.29 is 4.74 Å². The van der Waals surface area contributed by atoms with Gasteiger partial charge in [-0.3, -0.25) is 0 Å². The Kier molecular flexibility index (Phi) is 4.45. The second-order valence-electron chi connectivity index (χ2n) is 5.09. The molecule has 0 amide bonds. The third-order valence-corrected chi connectivity index (χ3v) is 3.68. The van der Waals surface area contributed by atoms with Crippen LogP contribution in [-0.4, -0.2) is 26.3 Å². The van der Waals surface area contributed by atoms with Crippen molar-refractivity contribution in [3.05, 3.63) is 0 Å². The Bertz CT molecular complexity index is 163. The standard InChI is InChI=1S/C13H25NO/c1-2-15-9-3-8-14-10-13(11-4-5-11)12-6-7-12/h11-14H,2-10H2,1H3. The fourth-order valence-electron chi connectivity index (χ4n) is 2.48. The fourth-order valence-corrected chi connectivity index (χ4v) is 2.48. The molecule has 88 valence electrons. The number of ether oxygens (including phenoxy) is 1. The first kappa shape index (κ1) is 11.4. The van der Waals surface area contributed by atoms with Crippen LogP contribution in [0.1, 0.15) is 39.0 Å². The zero-order chi connectivity index (χ0) is 10.5. The van der Waals surface area contributed by atoms with Crippen LogP contribution < -0.4 is 5.32 Å². The summed E-state index contributed by atoms with van der Waals surface area (Å²) < 4.78 is 5.32. The maximum Gasteiger partial charge on any atom is 0.0477 e. The summed E-state index contributed by atoms with van der Waals surface area (Å²) >= 11 is 0. The molecule has 0 spiro atoms. The molecule has 1 N–H and O–H groups in total. The van der Waals surface area contributed by atoms with Crippen LogP contribution in [0.2, 0.25) is 0 Å². The monoisotopic (exact) mass is 211 g/mol. The molecule has 0 bridgehead atoms. The lowest BCUT2D eigenvalue weighted by atomic mass is 9.98. The Balaban J connectivity index is 1.48. The van der Waals surface area contributed by atoms with E-state index in [-0.39, 0.29) is 0 Å². The molecular weight excluding hydrogens is 186 g/mol. The average molecular weight is 211 g/mol. The molecule has 0 unspecified atom stereocenters. The maximum atomic E-state index is 5.32. The first-order chi connectivity index (χ1) is 7.42. The van der Waals surface area contributed by atoms with Crippen molar-refractivity contribution in [2.45, 2.75) is 39.0 Å². The Morgan fingerprint density at radius 3 is 2.40 bits per heavy atom. The summed E-state index contributed by atoms with van der Waals surface area (Å²) in [6.45, 7) is 6.23. The summed E-state index contributed by atoms with van der Waals surface area (Å²) in [6, 6.07) is 0. The van der Waals surface area contributed by atoms with Crippen LogP contribution in [0.3, 0.4) is 0 Å². The molecule has 0 heterocycles. The summed E-state index contributed by atoms with van der Waals surface area (Å²) in [5.74, 6) is 3.17. The third kappa shape index (κ3) is 4.12. The molecule has 2 fully saturated rings. The molecule has 0 radical (unpaired) electrons. The van der Waals surface area contributed by atoms with Crippen molar-refractivity contribution in [2.24, 2.45) is 17.8 Å². The molecule has 2 heteroatoms. The van der Waals surface area contributed by atoms with Gasteiger partial charge in [0.15, 0.2) is 0 Å². The van der Waals surface area contributed by atoms with Crippen LogP contribution in [0.15, 0.2) is 0 Å². The van der Waals surface area contributed by atoms with E-state index in [2.05, 4.69) is 12.2 Å². The molecule has 0 saturated heterocycles. The van der Waals surface area contributed by atoms with E-state index in [1.54, 1.807) is 0 Å². The predicted octanol–water partition coefficient (Wildman–Crippen LogP) is 2.44. The van der Waals surface area contributed by atoms with E-state index in [0.717, 1.165) is 43.9 Å². The minimum atomic E-state index is 0.854. The SMILES string of the molecule is CCOCCCNCC(C1CC1)C1CC1. The van der Waals surface area contributed by atoms with E-state index in [9.17, 15) is 0 Å². The van der Waals surface area contributed by atoms with E-state index in [1.165, 1.54) is 32.2 Å². The Labute approximate surface area is 93.8 Å². The molecular formula is C13H25NO. The van der Waals surface area contributed by atoms with Crippen molar-refractivity contribution in [1.29, 1.82) is 0 Å². The second-order valence-corrected chi connectivity index (χ2v) is 5.09. The Hall–Kier alpha value is -0.0800. The van der Waals surface area contributed by atoms with Gasteiger partial charge >= 0.3 is 0 Å². The molecule has 2 aliphatic rings. The molecule has 2 aliphatic carbocycles. The van der Waals surface area contributed by atoms with Gasteiger partial charge in [0.2, 0.25) is 0 Å². The van der Waals surface area contributed by atoms with E-state index >= 15 is 0 Å². The van der Waals surface area contributed by atoms with Gasteiger partial charge < -0.3 is 10.1 Å². The van der Waals surface area contributed by atoms with Gasteiger partial charge in [0.1, 0.15) is 0 Å². The van der Waals surface area contributed by atoms with Gasteiger partial charge in [0, 0.05) is 13.2 Å². The van der Waals surface area contributed by atoms with E-state index in [4.69, 9.17) is 4.74 Å². The van der Waals surface area contributed by atoms with E-state index in [0.29, 0.717) is 0 Å². The minimum absolute atomic E-state index is 0.854. The molecule has 2 rings (SSSR count). The van der Waals surface area contributed by atoms with Gasteiger partial charge in [0.25, 0.3) is 0 Å². The van der Waals surface area contributed by atoms with Crippen LogP contribution in [0.5, 0.6) is 0 Å². The molecule has 2 nitrogen and oxygen atoms in total. The summed E-state index contributed by atoms with van der Waals surface area (Å²) in [5, 5.41) is 3.61. The highest BCUT2D eigenvalue weighted by atomic mass is 16.5. The number of hydrogen-bond donors (Lipinski definition) is 1. The molecule has 0 atom stereocenters. The molecule has 0 aromatic rings. The summed E-state index contributed by atoms with van der Waals surface area (Å²) in [6.07, 6.45) is 7.17. The van der Waals surface area contributed by atoms with Crippen LogP contribution in [0, 0.1) is 17.8 Å². The zero-order valence-corrected chi connectivity index (χ0v) is 10.0. The highest BCUT2D eigenvalue weighted by Gasteiger charge is 2.40. The van der Waals surface area contributed by atoms with Crippen molar-refractivity contribution in [1.82, 2.24) is 5.32 Å². The van der Waals surface area contributed by atoms with E-state index in [1.807, 2.05) is 0 Å². The molecule has 0 aliphatic heterocycles. The van der Waals surface area contributed by atoms with Gasteiger partial charge in [0.05, 0.1) is 0 Å². The van der Waals surface area contributed by atoms with Crippen molar-refractivity contribution >= 4 is 0 Å². The number of rotatable bonds is 9. The zero-order valence-electron chi connectivity index (χ0n) is 10.0. The molecule has 0 aromatic carbocycles. The van der Waals surface area contributed by atoms with Crippen LogP contribution in [0.25, 0.3) is 0 Å².